The maximum atomic E-state index is 13.0. The fourth-order valence-electron chi connectivity index (χ4n) is 2.81. The number of alkyl halides is 3. The first-order valence-electron chi connectivity index (χ1n) is 7.51. The predicted molar refractivity (Wildman–Crippen MR) is 78.4 cm³/mol. The van der Waals surface area contributed by atoms with Gasteiger partial charge in [-0.2, -0.15) is 13.2 Å². The molecule has 1 aromatic rings. The molecular weight excluding hydrogens is 327 g/mol. The summed E-state index contributed by atoms with van der Waals surface area (Å²) in [4.78, 5) is 23.2. The normalized spacial score (nSPS) is 17.3. The number of hydrogen-bond acceptors (Lipinski definition) is 3. The van der Waals surface area contributed by atoms with Crippen molar-refractivity contribution in [3.63, 3.8) is 0 Å². The molecule has 1 saturated heterocycles. The highest BCUT2D eigenvalue weighted by Crippen LogP contribution is 2.38. The number of halogens is 3. The molecule has 8 heteroatoms. The van der Waals surface area contributed by atoms with Gasteiger partial charge in [0.15, 0.2) is 0 Å². The van der Waals surface area contributed by atoms with Crippen LogP contribution in [-0.2, 0) is 25.9 Å². The molecule has 0 saturated carbocycles. The lowest BCUT2D eigenvalue weighted by Crippen LogP contribution is -2.48. The van der Waals surface area contributed by atoms with Gasteiger partial charge in [0.25, 0.3) is 0 Å². The van der Waals surface area contributed by atoms with Crippen LogP contribution in [0.4, 0.5) is 13.2 Å². The van der Waals surface area contributed by atoms with E-state index in [-0.39, 0.29) is 44.6 Å². The van der Waals surface area contributed by atoms with E-state index in [0.717, 1.165) is 12.1 Å². The fraction of sp³-hybridized carbons (Fsp3) is 0.500. The van der Waals surface area contributed by atoms with Gasteiger partial charge in [-0.15, -0.1) is 0 Å². The van der Waals surface area contributed by atoms with Crippen LogP contribution in [0.5, 0.6) is 0 Å². The lowest BCUT2D eigenvalue weighted by atomic mass is 9.73. The minimum atomic E-state index is -4.50. The van der Waals surface area contributed by atoms with Crippen molar-refractivity contribution in [2.45, 2.75) is 30.9 Å². The van der Waals surface area contributed by atoms with E-state index < -0.39 is 29.0 Å². The zero-order chi connectivity index (χ0) is 17.8. The van der Waals surface area contributed by atoms with Gasteiger partial charge in [-0.3, -0.25) is 9.59 Å². The Kier molecular flexibility index (Phi) is 5.48. The molecule has 0 aliphatic carbocycles. The third-order valence-electron chi connectivity index (χ3n) is 4.15. The molecule has 24 heavy (non-hydrogen) atoms. The molecule has 2 rings (SSSR count). The highest BCUT2D eigenvalue weighted by atomic mass is 19.4. The van der Waals surface area contributed by atoms with Crippen LogP contribution >= 0.6 is 0 Å². The Balaban J connectivity index is 2.30. The van der Waals surface area contributed by atoms with E-state index in [1.165, 1.54) is 12.1 Å². The molecule has 5 nitrogen and oxygen atoms in total. The fourth-order valence-corrected chi connectivity index (χ4v) is 2.81. The molecule has 0 bridgehead atoms. The number of nitrogens with one attached hydrogen (secondary N) is 1. The van der Waals surface area contributed by atoms with Crippen molar-refractivity contribution in [1.29, 1.82) is 0 Å². The number of carboxylic acids is 1. The summed E-state index contributed by atoms with van der Waals surface area (Å²) in [5, 5.41) is 11.2. The van der Waals surface area contributed by atoms with Crippen LogP contribution in [0.2, 0.25) is 0 Å². The number of rotatable bonds is 5. The lowest BCUT2D eigenvalue weighted by Gasteiger charge is -2.36. The third-order valence-corrected chi connectivity index (χ3v) is 4.15. The quantitative estimate of drug-likeness (QED) is 0.859. The summed E-state index contributed by atoms with van der Waals surface area (Å²) in [6, 6.07) is 4.72. The van der Waals surface area contributed by atoms with Crippen LogP contribution in [0.25, 0.3) is 0 Å². The van der Waals surface area contributed by atoms with E-state index in [2.05, 4.69) is 5.32 Å². The first kappa shape index (κ1) is 18.3. The molecule has 0 spiro atoms. The van der Waals surface area contributed by atoms with Gasteiger partial charge in [0.1, 0.15) is 0 Å². The average Bonchev–Trinajstić information content (AvgIpc) is 2.54. The van der Waals surface area contributed by atoms with Crippen molar-refractivity contribution in [2.24, 2.45) is 0 Å². The number of carbonyl (C=O) groups excluding carboxylic acids is 1. The molecule has 0 aromatic heterocycles. The van der Waals surface area contributed by atoms with E-state index in [1.54, 1.807) is 0 Å². The number of ether oxygens (including phenoxy) is 1. The van der Waals surface area contributed by atoms with Crippen LogP contribution in [0.15, 0.2) is 24.3 Å². The molecule has 1 aliphatic rings. The van der Waals surface area contributed by atoms with Gasteiger partial charge in [0.05, 0.1) is 17.4 Å². The molecule has 0 atom stereocenters. The molecule has 1 fully saturated rings. The molecule has 132 valence electrons. The van der Waals surface area contributed by atoms with Crippen LogP contribution in [-0.4, -0.2) is 36.7 Å². The molecule has 0 unspecified atom stereocenters. The molecular formula is C16H18F3NO4. The van der Waals surface area contributed by atoms with E-state index in [4.69, 9.17) is 9.84 Å². The second-order valence-electron chi connectivity index (χ2n) is 5.67. The number of carboxylic acid groups (broad SMARTS) is 1. The summed E-state index contributed by atoms with van der Waals surface area (Å²) in [6.45, 7) is 0.431. The molecule has 1 heterocycles. The second-order valence-corrected chi connectivity index (χ2v) is 5.67. The maximum Gasteiger partial charge on any atom is 0.416 e. The number of aliphatic carboxylic acids is 1. The Morgan fingerprint density at radius 1 is 1.25 bits per heavy atom. The first-order chi connectivity index (χ1) is 11.3. The van der Waals surface area contributed by atoms with Crippen LogP contribution in [0, 0.1) is 0 Å². The van der Waals surface area contributed by atoms with E-state index in [0.29, 0.717) is 0 Å². The summed E-state index contributed by atoms with van der Waals surface area (Å²) in [6.07, 6.45) is -4.26. The Hall–Kier alpha value is -2.09. The summed E-state index contributed by atoms with van der Waals surface area (Å²) < 4.78 is 44.1. The largest absolute Gasteiger partial charge is 0.481 e. The van der Waals surface area contributed by atoms with Crippen LogP contribution < -0.4 is 5.32 Å². The number of benzene rings is 1. The highest BCUT2D eigenvalue weighted by molar-refractivity contribution is 5.88. The lowest BCUT2D eigenvalue weighted by molar-refractivity contribution is -0.139. The van der Waals surface area contributed by atoms with Crippen molar-refractivity contribution in [1.82, 2.24) is 5.32 Å². The van der Waals surface area contributed by atoms with E-state index in [1.807, 2.05) is 0 Å². The summed E-state index contributed by atoms with van der Waals surface area (Å²) >= 11 is 0. The predicted octanol–water partition coefficient (Wildman–Crippen LogP) is 2.34. The van der Waals surface area contributed by atoms with Gasteiger partial charge in [0.2, 0.25) is 5.91 Å². The number of carbonyl (C=O) groups is 2. The minimum Gasteiger partial charge on any atom is -0.481 e. The van der Waals surface area contributed by atoms with Crippen molar-refractivity contribution >= 4 is 11.9 Å². The summed E-state index contributed by atoms with van der Waals surface area (Å²) in [5.41, 5.74) is -1.68. The Bertz CT molecular complexity index is 610. The average molecular weight is 345 g/mol. The molecule has 1 amide bonds. The molecule has 0 radical (unpaired) electrons. The van der Waals surface area contributed by atoms with Crippen molar-refractivity contribution in [3.05, 3.63) is 35.4 Å². The zero-order valence-electron chi connectivity index (χ0n) is 12.9. The van der Waals surface area contributed by atoms with Gasteiger partial charge >= 0.3 is 12.1 Å². The summed E-state index contributed by atoms with van der Waals surface area (Å²) in [5.74, 6) is -1.53. The third kappa shape index (κ3) is 4.05. The van der Waals surface area contributed by atoms with E-state index in [9.17, 15) is 22.8 Å². The minimum absolute atomic E-state index is 0.0737. The van der Waals surface area contributed by atoms with Crippen molar-refractivity contribution < 1.29 is 32.6 Å². The van der Waals surface area contributed by atoms with Gasteiger partial charge in [-0.05, 0) is 24.5 Å². The highest BCUT2D eigenvalue weighted by Gasteiger charge is 2.42. The summed E-state index contributed by atoms with van der Waals surface area (Å²) in [7, 11) is 0. The molecule has 1 aromatic carbocycles. The van der Waals surface area contributed by atoms with E-state index >= 15 is 0 Å². The van der Waals surface area contributed by atoms with Gasteiger partial charge in [0, 0.05) is 19.8 Å². The monoisotopic (exact) mass is 345 g/mol. The molecule has 1 aliphatic heterocycles. The first-order valence-corrected chi connectivity index (χ1v) is 7.51. The topological polar surface area (TPSA) is 75.6 Å². The van der Waals surface area contributed by atoms with Crippen molar-refractivity contribution in [3.8, 4) is 0 Å². The van der Waals surface area contributed by atoms with Gasteiger partial charge < -0.3 is 15.2 Å². The zero-order valence-corrected chi connectivity index (χ0v) is 12.9. The van der Waals surface area contributed by atoms with Crippen molar-refractivity contribution in [2.75, 3.05) is 19.8 Å². The van der Waals surface area contributed by atoms with Crippen LogP contribution in [0.3, 0.4) is 0 Å². The number of hydrogen-bond donors (Lipinski definition) is 2. The maximum absolute atomic E-state index is 13.0. The van der Waals surface area contributed by atoms with Crippen LogP contribution in [0.1, 0.15) is 30.4 Å². The van der Waals surface area contributed by atoms with Gasteiger partial charge in [-0.1, -0.05) is 18.2 Å². The smallest absolute Gasteiger partial charge is 0.416 e. The van der Waals surface area contributed by atoms with Gasteiger partial charge in [-0.25, -0.2) is 0 Å². The SMILES string of the molecule is O=C(O)CCNC(=O)C1(c2cccc(C(F)(F)F)c2)CCOCC1. The standard InChI is InChI=1S/C16H18F3NO4/c17-16(18,19)12-3-1-2-11(10-12)15(5-8-24-9-6-15)14(23)20-7-4-13(21)22/h1-3,10H,4-9H2,(H,20,23)(H,21,22). The Labute approximate surface area is 136 Å². The number of amides is 1. The molecule has 2 N–H and O–H groups in total. The second kappa shape index (κ2) is 7.21. The Morgan fingerprint density at radius 2 is 1.92 bits per heavy atom. The Morgan fingerprint density at radius 3 is 2.50 bits per heavy atom.